The molecule has 134 valence electrons. The molecule has 0 spiro atoms. The van der Waals surface area contributed by atoms with Crippen LogP contribution in [0, 0.1) is 12.7 Å². The quantitative estimate of drug-likeness (QED) is 0.714. The highest BCUT2D eigenvalue weighted by Crippen LogP contribution is 2.33. The molecule has 1 amide bonds. The summed E-state index contributed by atoms with van der Waals surface area (Å²) in [6.45, 7) is 2.37. The van der Waals surface area contributed by atoms with E-state index in [0.717, 1.165) is 18.4 Å². The second kappa shape index (κ2) is 6.74. The first kappa shape index (κ1) is 16.5. The molecule has 0 radical (unpaired) electrons. The fourth-order valence-corrected chi connectivity index (χ4v) is 3.27. The highest BCUT2D eigenvalue weighted by atomic mass is 19.1. The fourth-order valence-electron chi connectivity index (χ4n) is 3.27. The Morgan fingerprint density at radius 1 is 1.31 bits per heavy atom. The van der Waals surface area contributed by atoms with Gasteiger partial charge in [0.25, 0.3) is 5.91 Å². The van der Waals surface area contributed by atoms with Gasteiger partial charge in [0.15, 0.2) is 6.39 Å². The van der Waals surface area contributed by atoms with Crippen LogP contribution in [-0.2, 0) is 6.42 Å². The Balaban J connectivity index is 1.52. The topological polar surface area (TPSA) is 72.4 Å². The standard InChI is InChI=1S/C19H18FN3O3/c1-12-17(25-11-22-12)19(24)23-8-2-3-16(23)18-21-10-15(26-18)9-13-4-6-14(20)7-5-13/h4-7,10-11,16H,2-3,8-9H2,1H3. The maximum absolute atomic E-state index is 13.0. The van der Waals surface area contributed by atoms with E-state index in [4.69, 9.17) is 8.83 Å². The van der Waals surface area contributed by atoms with Crippen molar-refractivity contribution in [3.8, 4) is 0 Å². The van der Waals surface area contributed by atoms with E-state index in [2.05, 4.69) is 9.97 Å². The molecule has 2 aromatic heterocycles. The summed E-state index contributed by atoms with van der Waals surface area (Å²) in [6, 6.07) is 6.06. The monoisotopic (exact) mass is 355 g/mol. The third-order valence-corrected chi connectivity index (χ3v) is 4.60. The number of aromatic nitrogens is 2. The number of aryl methyl sites for hydroxylation is 1. The lowest BCUT2D eigenvalue weighted by atomic mass is 10.1. The van der Waals surface area contributed by atoms with Crippen molar-refractivity contribution in [1.29, 1.82) is 0 Å². The zero-order valence-corrected chi connectivity index (χ0v) is 14.3. The van der Waals surface area contributed by atoms with Crippen LogP contribution in [0.4, 0.5) is 4.39 Å². The minimum Gasteiger partial charge on any atom is -0.443 e. The van der Waals surface area contributed by atoms with Crippen LogP contribution in [0.1, 0.15) is 52.3 Å². The van der Waals surface area contributed by atoms with Gasteiger partial charge in [-0.05, 0) is 37.5 Å². The number of nitrogens with zero attached hydrogens (tertiary/aromatic N) is 3. The number of likely N-dealkylation sites (tertiary alicyclic amines) is 1. The van der Waals surface area contributed by atoms with Crippen LogP contribution in [0.15, 0.2) is 45.7 Å². The van der Waals surface area contributed by atoms with E-state index in [0.29, 0.717) is 30.3 Å². The number of amides is 1. The summed E-state index contributed by atoms with van der Waals surface area (Å²) in [5.74, 6) is 0.998. The van der Waals surface area contributed by atoms with E-state index in [1.54, 1.807) is 30.2 Å². The molecule has 0 N–H and O–H groups in total. The number of halogens is 1. The van der Waals surface area contributed by atoms with Crippen LogP contribution in [0.5, 0.6) is 0 Å². The van der Waals surface area contributed by atoms with Crippen molar-refractivity contribution in [2.45, 2.75) is 32.2 Å². The predicted octanol–water partition coefficient (Wildman–Crippen LogP) is 3.68. The lowest BCUT2D eigenvalue weighted by molar-refractivity contribution is 0.0681. The average molecular weight is 355 g/mol. The lowest BCUT2D eigenvalue weighted by Crippen LogP contribution is -2.30. The van der Waals surface area contributed by atoms with E-state index in [-0.39, 0.29) is 23.5 Å². The number of hydrogen-bond acceptors (Lipinski definition) is 5. The van der Waals surface area contributed by atoms with Crippen molar-refractivity contribution in [1.82, 2.24) is 14.9 Å². The molecule has 0 aliphatic carbocycles. The predicted molar refractivity (Wildman–Crippen MR) is 90.0 cm³/mol. The summed E-state index contributed by atoms with van der Waals surface area (Å²) in [4.78, 5) is 22.8. The van der Waals surface area contributed by atoms with Gasteiger partial charge >= 0.3 is 0 Å². The van der Waals surface area contributed by atoms with Gasteiger partial charge in [0.2, 0.25) is 11.7 Å². The van der Waals surface area contributed by atoms with E-state index in [9.17, 15) is 9.18 Å². The number of carbonyl (C=O) groups is 1. The summed E-state index contributed by atoms with van der Waals surface area (Å²) < 4.78 is 24.1. The maximum Gasteiger partial charge on any atom is 0.292 e. The SMILES string of the molecule is Cc1ncoc1C(=O)N1CCCC1c1ncc(Cc2ccc(F)cc2)o1. The first-order chi connectivity index (χ1) is 12.6. The summed E-state index contributed by atoms with van der Waals surface area (Å²) in [5, 5.41) is 0. The van der Waals surface area contributed by atoms with Gasteiger partial charge in [0, 0.05) is 13.0 Å². The normalized spacial score (nSPS) is 17.0. The smallest absolute Gasteiger partial charge is 0.292 e. The molecule has 0 bridgehead atoms. The van der Waals surface area contributed by atoms with Gasteiger partial charge in [0.05, 0.1) is 11.9 Å². The second-order valence-electron chi connectivity index (χ2n) is 6.39. The van der Waals surface area contributed by atoms with Crippen LogP contribution < -0.4 is 0 Å². The maximum atomic E-state index is 13.0. The number of carbonyl (C=O) groups excluding carboxylic acids is 1. The molecule has 0 saturated carbocycles. The van der Waals surface area contributed by atoms with Gasteiger partial charge in [-0.2, -0.15) is 0 Å². The lowest BCUT2D eigenvalue weighted by Gasteiger charge is -2.21. The first-order valence-corrected chi connectivity index (χ1v) is 8.52. The molecule has 1 unspecified atom stereocenters. The largest absolute Gasteiger partial charge is 0.443 e. The van der Waals surface area contributed by atoms with Crippen LogP contribution in [-0.4, -0.2) is 27.3 Å². The van der Waals surface area contributed by atoms with Crippen LogP contribution in [0.3, 0.4) is 0 Å². The zero-order chi connectivity index (χ0) is 18.1. The Kier molecular flexibility index (Phi) is 4.28. The Morgan fingerprint density at radius 2 is 2.12 bits per heavy atom. The third kappa shape index (κ3) is 3.12. The van der Waals surface area contributed by atoms with Gasteiger partial charge in [-0.15, -0.1) is 0 Å². The van der Waals surface area contributed by atoms with Crippen molar-refractivity contribution < 1.29 is 18.0 Å². The molecule has 6 nitrogen and oxygen atoms in total. The van der Waals surface area contributed by atoms with Crippen molar-refractivity contribution in [2.24, 2.45) is 0 Å². The molecular formula is C19H18FN3O3. The van der Waals surface area contributed by atoms with Crippen molar-refractivity contribution in [2.75, 3.05) is 6.54 Å². The first-order valence-electron chi connectivity index (χ1n) is 8.52. The van der Waals surface area contributed by atoms with E-state index >= 15 is 0 Å². The average Bonchev–Trinajstić information content (AvgIpc) is 3.36. The molecule has 3 aromatic rings. The minimum atomic E-state index is -0.269. The molecule has 4 rings (SSSR count). The van der Waals surface area contributed by atoms with Gasteiger partial charge in [-0.25, -0.2) is 14.4 Å². The molecule has 3 heterocycles. The van der Waals surface area contributed by atoms with Crippen molar-refractivity contribution in [3.63, 3.8) is 0 Å². The Morgan fingerprint density at radius 3 is 2.85 bits per heavy atom. The highest BCUT2D eigenvalue weighted by Gasteiger charge is 2.35. The van der Waals surface area contributed by atoms with Gasteiger partial charge in [-0.3, -0.25) is 4.79 Å². The summed E-state index contributed by atoms with van der Waals surface area (Å²) in [7, 11) is 0. The van der Waals surface area contributed by atoms with E-state index < -0.39 is 0 Å². The Labute approximate surface area is 149 Å². The van der Waals surface area contributed by atoms with Gasteiger partial charge in [0.1, 0.15) is 17.6 Å². The van der Waals surface area contributed by atoms with Crippen LogP contribution in [0.2, 0.25) is 0 Å². The Hall–Kier alpha value is -2.96. The summed E-state index contributed by atoms with van der Waals surface area (Å²) in [5.41, 5.74) is 1.51. The number of hydrogen-bond donors (Lipinski definition) is 0. The molecule has 1 atom stereocenters. The second-order valence-corrected chi connectivity index (χ2v) is 6.39. The summed E-state index contributed by atoms with van der Waals surface area (Å²) >= 11 is 0. The molecule has 1 fully saturated rings. The molecule has 26 heavy (non-hydrogen) atoms. The van der Waals surface area contributed by atoms with E-state index in [1.165, 1.54) is 18.5 Å². The molecule has 1 aliphatic rings. The molecule has 1 saturated heterocycles. The highest BCUT2D eigenvalue weighted by molar-refractivity contribution is 5.92. The van der Waals surface area contributed by atoms with Crippen LogP contribution in [0.25, 0.3) is 0 Å². The number of benzene rings is 1. The number of oxazole rings is 2. The fraction of sp³-hybridized carbons (Fsp3) is 0.316. The van der Waals surface area contributed by atoms with Crippen LogP contribution >= 0.6 is 0 Å². The van der Waals surface area contributed by atoms with Crippen molar-refractivity contribution >= 4 is 5.91 Å². The van der Waals surface area contributed by atoms with Crippen molar-refractivity contribution in [3.05, 3.63) is 71.3 Å². The molecular weight excluding hydrogens is 337 g/mol. The van der Waals surface area contributed by atoms with Gasteiger partial charge < -0.3 is 13.7 Å². The summed E-state index contributed by atoms with van der Waals surface area (Å²) in [6.07, 6.45) is 5.13. The van der Waals surface area contributed by atoms with E-state index in [1.807, 2.05) is 0 Å². The Bertz CT molecular complexity index is 916. The number of rotatable bonds is 4. The third-order valence-electron chi connectivity index (χ3n) is 4.60. The molecule has 1 aromatic carbocycles. The minimum absolute atomic E-state index is 0.194. The zero-order valence-electron chi connectivity index (χ0n) is 14.3. The van der Waals surface area contributed by atoms with Gasteiger partial charge in [-0.1, -0.05) is 12.1 Å². The molecule has 7 heteroatoms. The molecule has 1 aliphatic heterocycles.